The first-order valence-electron chi connectivity index (χ1n) is 7.40. The maximum absolute atomic E-state index is 11.7. The lowest BCUT2D eigenvalue weighted by Gasteiger charge is -2.36. The van der Waals surface area contributed by atoms with Crippen molar-refractivity contribution in [3.63, 3.8) is 0 Å². The monoisotopic (exact) mass is 341 g/mol. The van der Waals surface area contributed by atoms with Gasteiger partial charge in [-0.1, -0.05) is 25.1 Å². The molecule has 0 unspecified atom stereocenters. The van der Waals surface area contributed by atoms with Crippen LogP contribution in [0.15, 0.2) is 24.3 Å². The van der Waals surface area contributed by atoms with E-state index in [0.29, 0.717) is 11.5 Å². The van der Waals surface area contributed by atoms with E-state index in [1.165, 1.54) is 5.56 Å². The summed E-state index contributed by atoms with van der Waals surface area (Å²) in [6.07, 6.45) is 1.52. The summed E-state index contributed by atoms with van der Waals surface area (Å²) in [4.78, 5) is 0. The largest absolute Gasteiger partial charge is 0.331 e. The molecule has 0 aromatic heterocycles. The molecule has 1 N–H and O–H groups in total. The van der Waals surface area contributed by atoms with Gasteiger partial charge < -0.3 is 5.32 Å². The maximum Gasteiger partial charge on any atom is 0.188 e. The van der Waals surface area contributed by atoms with Crippen LogP contribution in [0.25, 0.3) is 0 Å². The molecule has 1 saturated heterocycles. The van der Waals surface area contributed by atoms with Crippen LogP contribution in [-0.4, -0.2) is 55.2 Å². The lowest BCUT2D eigenvalue weighted by molar-refractivity contribution is 0.0757. The van der Waals surface area contributed by atoms with Gasteiger partial charge in [-0.2, -0.15) is 0 Å². The van der Waals surface area contributed by atoms with E-state index in [-0.39, 0.29) is 17.5 Å². The first-order valence-corrected chi connectivity index (χ1v) is 9.63. The van der Waals surface area contributed by atoms with Gasteiger partial charge in [-0.05, 0) is 36.7 Å². The van der Waals surface area contributed by atoms with E-state index in [1.54, 1.807) is 0 Å². The minimum Gasteiger partial charge on any atom is -0.331 e. The second-order valence-electron chi connectivity index (χ2n) is 5.69. The number of sulfone groups is 1. The first kappa shape index (κ1) is 17.2. The van der Waals surface area contributed by atoms with E-state index in [2.05, 4.69) is 18.3 Å². The standard InChI is InChI=1S/C15H23N3O2S2/c1-4-12-7-5-6-8-14(12)16-15(21)18(17(2)3)13-9-10-22(19,20)11-13/h5-8,13H,4,9-11H2,1-3H3,(H,16,21)/t13-/m0/s1. The van der Waals surface area contributed by atoms with Gasteiger partial charge in [0.1, 0.15) is 0 Å². The number of hydrogen-bond donors (Lipinski definition) is 1. The van der Waals surface area contributed by atoms with Crippen molar-refractivity contribution in [2.45, 2.75) is 25.8 Å². The fraction of sp³-hybridized carbons (Fsp3) is 0.533. The Labute approximate surface area is 138 Å². The van der Waals surface area contributed by atoms with Crippen molar-refractivity contribution in [1.29, 1.82) is 0 Å². The van der Waals surface area contributed by atoms with Gasteiger partial charge in [-0.15, -0.1) is 0 Å². The van der Waals surface area contributed by atoms with Crippen LogP contribution in [0.3, 0.4) is 0 Å². The number of nitrogens with one attached hydrogen (secondary N) is 1. The molecule has 122 valence electrons. The van der Waals surface area contributed by atoms with Gasteiger partial charge in [0.2, 0.25) is 0 Å². The first-order chi connectivity index (χ1) is 10.3. The summed E-state index contributed by atoms with van der Waals surface area (Å²) < 4.78 is 23.5. The molecular weight excluding hydrogens is 318 g/mol. The SMILES string of the molecule is CCc1ccccc1NC(=S)N([C@H]1CCS(=O)(=O)C1)N(C)C. The molecule has 22 heavy (non-hydrogen) atoms. The second-order valence-corrected chi connectivity index (χ2v) is 8.30. The molecule has 1 fully saturated rings. The van der Waals surface area contributed by atoms with E-state index >= 15 is 0 Å². The van der Waals surface area contributed by atoms with Crippen molar-refractivity contribution in [2.75, 3.05) is 30.9 Å². The lowest BCUT2D eigenvalue weighted by atomic mass is 10.1. The van der Waals surface area contributed by atoms with E-state index < -0.39 is 9.84 Å². The maximum atomic E-state index is 11.7. The zero-order valence-electron chi connectivity index (χ0n) is 13.2. The van der Waals surface area contributed by atoms with Gasteiger partial charge in [0.25, 0.3) is 0 Å². The van der Waals surface area contributed by atoms with Crippen LogP contribution >= 0.6 is 12.2 Å². The lowest BCUT2D eigenvalue weighted by Crippen LogP contribution is -2.51. The Balaban J connectivity index is 2.17. The molecule has 7 heteroatoms. The fourth-order valence-electron chi connectivity index (χ4n) is 2.77. The number of benzene rings is 1. The molecule has 1 heterocycles. The highest BCUT2D eigenvalue weighted by molar-refractivity contribution is 7.91. The number of aryl methyl sites for hydroxylation is 1. The Kier molecular flexibility index (Phi) is 5.41. The Morgan fingerprint density at radius 2 is 2.05 bits per heavy atom. The van der Waals surface area contributed by atoms with Crippen LogP contribution in [0, 0.1) is 0 Å². The summed E-state index contributed by atoms with van der Waals surface area (Å²) in [5.41, 5.74) is 2.16. The van der Waals surface area contributed by atoms with Crippen LogP contribution in [0.5, 0.6) is 0 Å². The Morgan fingerprint density at radius 3 is 2.59 bits per heavy atom. The Bertz CT molecular complexity index is 644. The third-order valence-corrected chi connectivity index (χ3v) is 5.87. The van der Waals surface area contributed by atoms with Gasteiger partial charge >= 0.3 is 0 Å². The summed E-state index contributed by atoms with van der Waals surface area (Å²) in [6, 6.07) is 7.91. The predicted octanol–water partition coefficient (Wildman–Crippen LogP) is 1.91. The summed E-state index contributed by atoms with van der Waals surface area (Å²) in [6.45, 7) is 2.09. The number of anilines is 1. The van der Waals surface area contributed by atoms with Crippen molar-refractivity contribution in [3.8, 4) is 0 Å². The highest BCUT2D eigenvalue weighted by Gasteiger charge is 2.34. The van der Waals surface area contributed by atoms with Crippen LogP contribution in [0.1, 0.15) is 18.9 Å². The smallest absolute Gasteiger partial charge is 0.188 e. The molecule has 0 amide bonds. The predicted molar refractivity (Wildman–Crippen MR) is 94.6 cm³/mol. The molecule has 0 radical (unpaired) electrons. The molecule has 5 nitrogen and oxygen atoms in total. The minimum absolute atomic E-state index is 0.103. The highest BCUT2D eigenvalue weighted by atomic mass is 32.2. The molecule has 1 atom stereocenters. The summed E-state index contributed by atoms with van der Waals surface area (Å²) in [5, 5.41) is 7.53. The molecular formula is C15H23N3O2S2. The average molecular weight is 342 g/mol. The highest BCUT2D eigenvalue weighted by Crippen LogP contribution is 2.21. The molecule has 1 aromatic rings. The minimum atomic E-state index is -2.95. The summed E-state index contributed by atoms with van der Waals surface area (Å²) in [7, 11) is 0.810. The van der Waals surface area contributed by atoms with E-state index in [4.69, 9.17) is 12.2 Å². The Morgan fingerprint density at radius 1 is 1.36 bits per heavy atom. The number of thiocarbonyl (C=S) groups is 1. The molecule has 1 aliphatic heterocycles. The van der Waals surface area contributed by atoms with Crippen molar-refractivity contribution in [1.82, 2.24) is 10.0 Å². The zero-order valence-corrected chi connectivity index (χ0v) is 14.9. The van der Waals surface area contributed by atoms with E-state index in [9.17, 15) is 8.42 Å². The van der Waals surface area contributed by atoms with Gasteiger partial charge in [-0.25, -0.2) is 13.4 Å². The fourth-order valence-corrected chi connectivity index (χ4v) is 4.88. The third-order valence-electron chi connectivity index (χ3n) is 3.83. The van der Waals surface area contributed by atoms with E-state index in [1.807, 2.05) is 42.3 Å². The van der Waals surface area contributed by atoms with Gasteiger partial charge in [-0.3, -0.25) is 5.01 Å². The van der Waals surface area contributed by atoms with Crippen LogP contribution in [-0.2, 0) is 16.3 Å². The summed E-state index contributed by atoms with van der Waals surface area (Å²) in [5.74, 6) is 0.387. The Hall–Kier alpha value is -1.18. The van der Waals surface area contributed by atoms with Gasteiger partial charge in [0.05, 0.1) is 17.5 Å². The number of hydrogen-bond acceptors (Lipinski definition) is 4. The molecule has 0 saturated carbocycles. The number of nitrogens with zero attached hydrogens (tertiary/aromatic N) is 2. The molecule has 1 aromatic carbocycles. The van der Waals surface area contributed by atoms with Crippen molar-refractivity contribution >= 4 is 32.9 Å². The molecule has 0 spiro atoms. The number of rotatable bonds is 4. The van der Waals surface area contributed by atoms with Crippen molar-refractivity contribution in [3.05, 3.63) is 29.8 Å². The normalized spacial score (nSPS) is 20.1. The number of hydrazine groups is 1. The molecule has 0 aliphatic carbocycles. The second kappa shape index (κ2) is 6.93. The number of para-hydroxylation sites is 1. The van der Waals surface area contributed by atoms with Gasteiger partial charge in [0.15, 0.2) is 14.9 Å². The average Bonchev–Trinajstić information content (AvgIpc) is 2.79. The third kappa shape index (κ3) is 3.97. The molecule has 1 aliphatic rings. The van der Waals surface area contributed by atoms with Gasteiger partial charge in [0, 0.05) is 19.8 Å². The van der Waals surface area contributed by atoms with Crippen LogP contribution < -0.4 is 5.32 Å². The molecule has 0 bridgehead atoms. The van der Waals surface area contributed by atoms with Crippen LogP contribution in [0.4, 0.5) is 5.69 Å². The molecule has 2 rings (SSSR count). The quantitative estimate of drug-likeness (QED) is 0.667. The van der Waals surface area contributed by atoms with Crippen LogP contribution in [0.2, 0.25) is 0 Å². The zero-order chi connectivity index (χ0) is 16.3. The topological polar surface area (TPSA) is 52.7 Å². The van der Waals surface area contributed by atoms with Crippen molar-refractivity contribution < 1.29 is 8.42 Å². The summed E-state index contributed by atoms with van der Waals surface area (Å²) >= 11 is 5.53. The van der Waals surface area contributed by atoms with E-state index in [0.717, 1.165) is 12.1 Å². The van der Waals surface area contributed by atoms with Crippen molar-refractivity contribution in [2.24, 2.45) is 0 Å².